The molecule has 0 radical (unpaired) electrons. The zero-order valence-corrected chi connectivity index (χ0v) is 11.3. The van der Waals surface area contributed by atoms with Crippen molar-refractivity contribution in [2.24, 2.45) is 11.7 Å². The molecule has 0 heterocycles. The first-order valence-electron chi connectivity index (χ1n) is 6.28. The Kier molecular flexibility index (Phi) is 5.65. The predicted molar refractivity (Wildman–Crippen MR) is 73.7 cm³/mol. The first-order chi connectivity index (χ1) is 8.49. The number of carbonyl (C=O) groups excluding carboxylic acids is 1. The van der Waals surface area contributed by atoms with Crippen LogP contribution in [0, 0.1) is 5.92 Å². The van der Waals surface area contributed by atoms with Crippen molar-refractivity contribution in [3.63, 3.8) is 0 Å². The minimum atomic E-state index is -0.518. The lowest BCUT2D eigenvalue weighted by Gasteiger charge is -2.11. The number of rotatable bonds is 6. The molecule has 3 N–H and O–H groups in total. The largest absolute Gasteiger partial charge is 0.494 e. The average molecular weight is 250 g/mol. The summed E-state index contributed by atoms with van der Waals surface area (Å²) in [4.78, 5) is 11.4. The number of nitrogens with two attached hydrogens (primary N) is 1. The highest BCUT2D eigenvalue weighted by Crippen LogP contribution is 2.18. The zero-order valence-electron chi connectivity index (χ0n) is 11.3. The van der Waals surface area contributed by atoms with Crippen LogP contribution in [0.4, 0.5) is 5.69 Å². The molecule has 4 nitrogen and oxygen atoms in total. The summed E-state index contributed by atoms with van der Waals surface area (Å²) in [6, 6.07) is 6.83. The normalized spacial score (nSPS) is 12.3. The second kappa shape index (κ2) is 7.01. The molecule has 0 bridgehead atoms. The molecule has 0 aliphatic rings. The molecule has 0 fully saturated rings. The van der Waals surface area contributed by atoms with Gasteiger partial charge in [0.1, 0.15) is 5.75 Å². The molecule has 1 rings (SSSR count). The van der Waals surface area contributed by atoms with E-state index in [1.165, 1.54) is 0 Å². The Morgan fingerprint density at radius 2 is 2.11 bits per heavy atom. The summed E-state index contributed by atoms with van der Waals surface area (Å²) in [5, 5.41) is 2.74. The maximum absolute atomic E-state index is 11.4. The van der Waals surface area contributed by atoms with Gasteiger partial charge < -0.3 is 15.8 Å². The van der Waals surface area contributed by atoms with Gasteiger partial charge in [-0.1, -0.05) is 19.9 Å². The Labute approximate surface area is 109 Å². The molecule has 1 unspecified atom stereocenters. The molecule has 1 aromatic carbocycles. The number of nitrogens with one attached hydrogen (secondary N) is 1. The van der Waals surface area contributed by atoms with Gasteiger partial charge in [-0.25, -0.2) is 0 Å². The Morgan fingerprint density at radius 1 is 1.39 bits per heavy atom. The van der Waals surface area contributed by atoms with E-state index in [2.05, 4.69) is 19.2 Å². The van der Waals surface area contributed by atoms with Crippen LogP contribution in [0.1, 0.15) is 27.2 Å². The lowest BCUT2D eigenvalue weighted by molar-refractivity contribution is -0.117. The standard InChI is InChI=1S/C14H22N2O2/c1-10(2)7-8-18-13-6-4-5-12(9-13)16-14(17)11(3)15/h4-6,9-11H,7-8,15H2,1-3H3,(H,16,17). The van der Waals surface area contributed by atoms with Crippen LogP contribution in [-0.4, -0.2) is 18.6 Å². The molecule has 1 amide bonds. The van der Waals surface area contributed by atoms with Gasteiger partial charge in [-0.3, -0.25) is 4.79 Å². The van der Waals surface area contributed by atoms with Crippen molar-refractivity contribution >= 4 is 11.6 Å². The number of anilines is 1. The molecular formula is C14H22N2O2. The maximum Gasteiger partial charge on any atom is 0.241 e. The second-order valence-electron chi connectivity index (χ2n) is 4.84. The fourth-order valence-corrected chi connectivity index (χ4v) is 1.33. The van der Waals surface area contributed by atoms with Crippen molar-refractivity contribution in [2.75, 3.05) is 11.9 Å². The van der Waals surface area contributed by atoms with Gasteiger partial charge in [0, 0.05) is 11.8 Å². The quantitative estimate of drug-likeness (QED) is 0.814. The summed E-state index contributed by atoms with van der Waals surface area (Å²) in [5.74, 6) is 1.18. The lowest BCUT2D eigenvalue weighted by atomic mass is 10.1. The van der Waals surface area contributed by atoms with Crippen LogP contribution in [-0.2, 0) is 4.79 Å². The van der Waals surface area contributed by atoms with E-state index in [0.717, 1.165) is 12.2 Å². The van der Waals surface area contributed by atoms with Crippen LogP contribution in [0.2, 0.25) is 0 Å². The van der Waals surface area contributed by atoms with Gasteiger partial charge in [-0.05, 0) is 31.4 Å². The highest BCUT2D eigenvalue weighted by Gasteiger charge is 2.07. The summed E-state index contributed by atoms with van der Waals surface area (Å²) in [6.45, 7) is 6.64. The van der Waals surface area contributed by atoms with E-state index in [-0.39, 0.29) is 5.91 Å². The van der Waals surface area contributed by atoms with Gasteiger partial charge in [0.15, 0.2) is 0 Å². The Morgan fingerprint density at radius 3 is 2.72 bits per heavy atom. The SMILES string of the molecule is CC(C)CCOc1cccc(NC(=O)C(C)N)c1. The van der Waals surface area contributed by atoms with E-state index in [4.69, 9.17) is 10.5 Å². The van der Waals surface area contributed by atoms with Crippen molar-refractivity contribution < 1.29 is 9.53 Å². The third-order valence-electron chi connectivity index (χ3n) is 2.48. The molecule has 0 aromatic heterocycles. The first-order valence-corrected chi connectivity index (χ1v) is 6.28. The molecule has 0 aliphatic heterocycles. The summed E-state index contributed by atoms with van der Waals surface area (Å²) in [6.07, 6.45) is 1.01. The van der Waals surface area contributed by atoms with Crippen LogP contribution < -0.4 is 15.8 Å². The van der Waals surface area contributed by atoms with Crippen LogP contribution >= 0.6 is 0 Å². The third kappa shape index (κ3) is 5.19. The minimum absolute atomic E-state index is 0.200. The van der Waals surface area contributed by atoms with E-state index in [1.54, 1.807) is 13.0 Å². The summed E-state index contributed by atoms with van der Waals surface area (Å²) < 4.78 is 5.62. The molecular weight excluding hydrogens is 228 g/mol. The second-order valence-corrected chi connectivity index (χ2v) is 4.84. The smallest absolute Gasteiger partial charge is 0.241 e. The molecule has 4 heteroatoms. The van der Waals surface area contributed by atoms with Crippen molar-refractivity contribution in [1.29, 1.82) is 0 Å². The fraction of sp³-hybridized carbons (Fsp3) is 0.500. The van der Waals surface area contributed by atoms with E-state index in [9.17, 15) is 4.79 Å². The zero-order chi connectivity index (χ0) is 13.5. The van der Waals surface area contributed by atoms with E-state index < -0.39 is 6.04 Å². The Balaban J connectivity index is 2.54. The summed E-state index contributed by atoms with van der Waals surface area (Å²) >= 11 is 0. The molecule has 1 aromatic rings. The minimum Gasteiger partial charge on any atom is -0.494 e. The van der Waals surface area contributed by atoms with Crippen LogP contribution in [0.5, 0.6) is 5.75 Å². The fourth-order valence-electron chi connectivity index (χ4n) is 1.33. The molecule has 1 atom stereocenters. The lowest BCUT2D eigenvalue weighted by Crippen LogP contribution is -2.32. The van der Waals surface area contributed by atoms with Crippen LogP contribution in [0.25, 0.3) is 0 Å². The number of hydrogen-bond acceptors (Lipinski definition) is 3. The highest BCUT2D eigenvalue weighted by molar-refractivity contribution is 5.94. The molecule has 0 aliphatic carbocycles. The van der Waals surface area contributed by atoms with E-state index in [0.29, 0.717) is 18.2 Å². The molecule has 0 saturated heterocycles. The van der Waals surface area contributed by atoms with E-state index >= 15 is 0 Å². The number of ether oxygens (including phenoxy) is 1. The number of benzene rings is 1. The van der Waals surface area contributed by atoms with Crippen molar-refractivity contribution in [3.05, 3.63) is 24.3 Å². The maximum atomic E-state index is 11.4. The van der Waals surface area contributed by atoms with Gasteiger partial charge in [0.2, 0.25) is 5.91 Å². The predicted octanol–water partition coefficient (Wildman–Crippen LogP) is 2.40. The topological polar surface area (TPSA) is 64.3 Å². The first kappa shape index (κ1) is 14.5. The monoisotopic (exact) mass is 250 g/mol. The van der Waals surface area contributed by atoms with Crippen molar-refractivity contribution in [2.45, 2.75) is 33.2 Å². The van der Waals surface area contributed by atoms with Gasteiger partial charge in [0.25, 0.3) is 0 Å². The van der Waals surface area contributed by atoms with Gasteiger partial charge in [-0.2, -0.15) is 0 Å². The molecule has 0 saturated carbocycles. The molecule has 18 heavy (non-hydrogen) atoms. The van der Waals surface area contributed by atoms with Crippen molar-refractivity contribution in [1.82, 2.24) is 0 Å². The van der Waals surface area contributed by atoms with E-state index in [1.807, 2.05) is 18.2 Å². The van der Waals surface area contributed by atoms with Gasteiger partial charge in [0.05, 0.1) is 12.6 Å². The Bertz CT molecular complexity index is 389. The molecule has 100 valence electrons. The average Bonchev–Trinajstić information content (AvgIpc) is 2.28. The number of hydrogen-bond donors (Lipinski definition) is 2. The number of amides is 1. The Hall–Kier alpha value is -1.55. The number of carbonyl (C=O) groups is 1. The van der Waals surface area contributed by atoms with Crippen LogP contribution in [0.3, 0.4) is 0 Å². The van der Waals surface area contributed by atoms with Crippen molar-refractivity contribution in [3.8, 4) is 5.75 Å². The highest BCUT2D eigenvalue weighted by atomic mass is 16.5. The third-order valence-corrected chi connectivity index (χ3v) is 2.48. The molecule has 0 spiro atoms. The van der Waals surface area contributed by atoms with Crippen LogP contribution in [0.15, 0.2) is 24.3 Å². The summed E-state index contributed by atoms with van der Waals surface area (Å²) in [7, 11) is 0. The summed E-state index contributed by atoms with van der Waals surface area (Å²) in [5.41, 5.74) is 6.20. The van der Waals surface area contributed by atoms with Gasteiger partial charge >= 0.3 is 0 Å². The van der Waals surface area contributed by atoms with Gasteiger partial charge in [-0.15, -0.1) is 0 Å².